The van der Waals surface area contributed by atoms with Crippen molar-refractivity contribution in [3.8, 4) is 0 Å². The summed E-state index contributed by atoms with van der Waals surface area (Å²) in [6.45, 7) is 9.06. The molecule has 0 aromatic carbocycles. The third kappa shape index (κ3) is 3.43. The summed E-state index contributed by atoms with van der Waals surface area (Å²) in [5.41, 5.74) is 2.90. The summed E-state index contributed by atoms with van der Waals surface area (Å²) in [5, 5.41) is 18.5. The minimum atomic E-state index is -0.00318. The Morgan fingerprint density at radius 1 is 1.28 bits per heavy atom. The SMILES string of the molecule is Cc1cc(C)c(CO)c(N(CCCO)C(C)C)n1. The van der Waals surface area contributed by atoms with Crippen LogP contribution < -0.4 is 4.90 Å². The number of hydrogen-bond acceptors (Lipinski definition) is 4. The molecule has 1 aromatic heterocycles. The molecule has 4 heteroatoms. The van der Waals surface area contributed by atoms with Gasteiger partial charge in [-0.25, -0.2) is 4.98 Å². The molecule has 0 fully saturated rings. The summed E-state index contributed by atoms with van der Waals surface area (Å²) in [6.07, 6.45) is 0.706. The highest BCUT2D eigenvalue weighted by Gasteiger charge is 2.17. The lowest BCUT2D eigenvalue weighted by Crippen LogP contribution is -2.34. The first-order chi connectivity index (χ1) is 8.51. The van der Waals surface area contributed by atoms with E-state index in [9.17, 15) is 5.11 Å². The van der Waals surface area contributed by atoms with Gasteiger partial charge in [0.25, 0.3) is 0 Å². The fourth-order valence-corrected chi connectivity index (χ4v) is 2.13. The number of aliphatic hydroxyl groups excluding tert-OH is 2. The highest BCUT2D eigenvalue weighted by molar-refractivity contribution is 5.51. The molecule has 102 valence electrons. The molecule has 0 saturated carbocycles. The van der Waals surface area contributed by atoms with E-state index < -0.39 is 0 Å². The third-order valence-electron chi connectivity index (χ3n) is 3.06. The van der Waals surface area contributed by atoms with Crippen LogP contribution in [0.25, 0.3) is 0 Å². The number of pyridine rings is 1. The van der Waals surface area contributed by atoms with E-state index in [1.807, 2.05) is 19.9 Å². The van der Waals surface area contributed by atoms with Gasteiger partial charge in [-0.1, -0.05) is 0 Å². The van der Waals surface area contributed by atoms with Crippen LogP contribution in [-0.4, -0.2) is 34.4 Å². The van der Waals surface area contributed by atoms with E-state index in [1.54, 1.807) is 0 Å². The maximum Gasteiger partial charge on any atom is 0.134 e. The largest absolute Gasteiger partial charge is 0.396 e. The van der Waals surface area contributed by atoms with Gasteiger partial charge >= 0.3 is 0 Å². The van der Waals surface area contributed by atoms with Gasteiger partial charge in [0, 0.05) is 30.5 Å². The minimum Gasteiger partial charge on any atom is -0.396 e. The Hall–Kier alpha value is -1.13. The maximum absolute atomic E-state index is 9.53. The molecule has 0 spiro atoms. The quantitative estimate of drug-likeness (QED) is 0.810. The standard InChI is InChI=1S/C14H24N2O2/c1-10(2)16(6-5-7-17)14-13(9-18)11(3)8-12(4)15-14/h8,10,17-18H,5-7,9H2,1-4H3. The van der Waals surface area contributed by atoms with Crippen molar-refractivity contribution in [2.75, 3.05) is 18.1 Å². The van der Waals surface area contributed by atoms with Crippen LogP contribution in [0.1, 0.15) is 37.1 Å². The van der Waals surface area contributed by atoms with Crippen LogP contribution in [0, 0.1) is 13.8 Å². The molecular formula is C14H24N2O2. The number of aromatic nitrogens is 1. The number of anilines is 1. The van der Waals surface area contributed by atoms with Gasteiger partial charge in [0.15, 0.2) is 0 Å². The Kier molecular flexibility index (Phi) is 5.56. The van der Waals surface area contributed by atoms with Crippen LogP contribution in [0.2, 0.25) is 0 Å². The molecule has 1 rings (SSSR count). The summed E-state index contributed by atoms with van der Waals surface area (Å²) >= 11 is 0. The number of aryl methyl sites for hydroxylation is 2. The lowest BCUT2D eigenvalue weighted by Gasteiger charge is -2.30. The van der Waals surface area contributed by atoms with Crippen molar-refractivity contribution in [3.63, 3.8) is 0 Å². The normalized spacial score (nSPS) is 11.1. The number of hydrogen-bond donors (Lipinski definition) is 2. The molecule has 0 radical (unpaired) electrons. The Bertz CT molecular complexity index is 392. The van der Waals surface area contributed by atoms with E-state index in [1.165, 1.54) is 0 Å². The van der Waals surface area contributed by atoms with Crippen molar-refractivity contribution in [1.82, 2.24) is 4.98 Å². The van der Waals surface area contributed by atoms with E-state index in [4.69, 9.17) is 5.11 Å². The van der Waals surface area contributed by atoms with Gasteiger partial charge in [0.2, 0.25) is 0 Å². The topological polar surface area (TPSA) is 56.6 Å². The monoisotopic (exact) mass is 252 g/mol. The highest BCUT2D eigenvalue weighted by Crippen LogP contribution is 2.24. The van der Waals surface area contributed by atoms with E-state index in [2.05, 4.69) is 23.7 Å². The molecule has 0 atom stereocenters. The number of rotatable bonds is 6. The van der Waals surface area contributed by atoms with Crippen LogP contribution in [0.3, 0.4) is 0 Å². The molecule has 2 N–H and O–H groups in total. The molecule has 1 heterocycles. The van der Waals surface area contributed by atoms with E-state index in [0.29, 0.717) is 6.42 Å². The first-order valence-electron chi connectivity index (χ1n) is 6.46. The Balaban J connectivity index is 3.17. The van der Waals surface area contributed by atoms with Crippen LogP contribution >= 0.6 is 0 Å². The predicted molar refractivity (Wildman–Crippen MR) is 73.8 cm³/mol. The minimum absolute atomic E-state index is 0.00318. The Morgan fingerprint density at radius 2 is 1.94 bits per heavy atom. The Morgan fingerprint density at radius 3 is 2.44 bits per heavy atom. The van der Waals surface area contributed by atoms with Gasteiger partial charge in [-0.2, -0.15) is 0 Å². The fraction of sp³-hybridized carbons (Fsp3) is 0.643. The third-order valence-corrected chi connectivity index (χ3v) is 3.06. The zero-order valence-electron chi connectivity index (χ0n) is 11.8. The van der Waals surface area contributed by atoms with Crippen molar-refractivity contribution in [1.29, 1.82) is 0 Å². The maximum atomic E-state index is 9.53. The Labute approximate surface area is 109 Å². The van der Waals surface area contributed by atoms with Crippen molar-refractivity contribution in [2.24, 2.45) is 0 Å². The second kappa shape index (κ2) is 6.71. The molecule has 4 nitrogen and oxygen atoms in total. The first kappa shape index (κ1) is 14.9. The van der Waals surface area contributed by atoms with E-state index in [0.717, 1.165) is 29.2 Å². The molecule has 0 saturated heterocycles. The molecule has 0 unspecified atom stereocenters. The predicted octanol–water partition coefficient (Wildman–Crippen LogP) is 1.79. The van der Waals surface area contributed by atoms with Crippen molar-refractivity contribution < 1.29 is 10.2 Å². The van der Waals surface area contributed by atoms with E-state index >= 15 is 0 Å². The lowest BCUT2D eigenvalue weighted by atomic mass is 10.1. The molecule has 1 aromatic rings. The highest BCUT2D eigenvalue weighted by atomic mass is 16.3. The van der Waals surface area contributed by atoms with Gasteiger partial charge in [-0.15, -0.1) is 0 Å². The summed E-state index contributed by atoms with van der Waals surface area (Å²) in [7, 11) is 0. The fourth-order valence-electron chi connectivity index (χ4n) is 2.13. The average Bonchev–Trinajstić information content (AvgIpc) is 2.28. The molecular weight excluding hydrogens is 228 g/mol. The molecule has 18 heavy (non-hydrogen) atoms. The summed E-state index contributed by atoms with van der Waals surface area (Å²) in [4.78, 5) is 6.70. The second-order valence-corrected chi connectivity index (χ2v) is 4.91. The van der Waals surface area contributed by atoms with Gasteiger partial charge in [-0.05, 0) is 45.7 Å². The van der Waals surface area contributed by atoms with Gasteiger partial charge in [0.05, 0.1) is 6.61 Å². The zero-order valence-corrected chi connectivity index (χ0v) is 11.8. The number of aliphatic hydroxyl groups is 2. The summed E-state index contributed by atoms with van der Waals surface area (Å²) in [5.74, 6) is 0.846. The summed E-state index contributed by atoms with van der Waals surface area (Å²) in [6, 6.07) is 2.27. The van der Waals surface area contributed by atoms with Crippen LogP contribution in [-0.2, 0) is 6.61 Å². The van der Waals surface area contributed by atoms with Crippen LogP contribution in [0.4, 0.5) is 5.82 Å². The second-order valence-electron chi connectivity index (χ2n) is 4.91. The van der Waals surface area contributed by atoms with Crippen LogP contribution in [0.5, 0.6) is 0 Å². The summed E-state index contributed by atoms with van der Waals surface area (Å²) < 4.78 is 0. The smallest absolute Gasteiger partial charge is 0.134 e. The molecule has 0 aliphatic heterocycles. The van der Waals surface area contributed by atoms with E-state index in [-0.39, 0.29) is 19.3 Å². The average molecular weight is 252 g/mol. The van der Waals surface area contributed by atoms with Crippen molar-refractivity contribution in [2.45, 2.75) is 46.8 Å². The number of nitrogens with zero attached hydrogens (tertiary/aromatic N) is 2. The van der Waals surface area contributed by atoms with Gasteiger partial charge in [-0.3, -0.25) is 0 Å². The van der Waals surface area contributed by atoms with Gasteiger partial charge in [0.1, 0.15) is 5.82 Å². The lowest BCUT2D eigenvalue weighted by molar-refractivity contribution is 0.279. The molecule has 0 aliphatic rings. The van der Waals surface area contributed by atoms with Crippen molar-refractivity contribution >= 4 is 5.82 Å². The molecule has 0 bridgehead atoms. The zero-order chi connectivity index (χ0) is 13.7. The molecule has 0 amide bonds. The van der Waals surface area contributed by atoms with Gasteiger partial charge < -0.3 is 15.1 Å². The molecule has 0 aliphatic carbocycles. The first-order valence-corrected chi connectivity index (χ1v) is 6.46. The van der Waals surface area contributed by atoms with Crippen molar-refractivity contribution in [3.05, 3.63) is 22.9 Å². The van der Waals surface area contributed by atoms with Crippen LogP contribution in [0.15, 0.2) is 6.07 Å².